The SMILES string of the molecule is CC1CN(C(C)C)c2cc(C(O)CN)ccc2O1. The second kappa shape index (κ2) is 5.16. The van der Waals surface area contributed by atoms with E-state index >= 15 is 0 Å². The molecule has 0 saturated heterocycles. The number of ether oxygens (including phenoxy) is 1. The molecule has 4 heteroatoms. The molecule has 0 radical (unpaired) electrons. The highest BCUT2D eigenvalue weighted by atomic mass is 16.5. The maximum absolute atomic E-state index is 9.82. The van der Waals surface area contributed by atoms with Crippen LogP contribution in [0.1, 0.15) is 32.4 Å². The summed E-state index contributed by atoms with van der Waals surface area (Å²) in [6.07, 6.45) is -0.422. The average molecular weight is 250 g/mol. The molecule has 0 amide bonds. The standard InChI is InChI=1S/C14H22N2O2/c1-9(2)16-8-10(3)18-14-5-4-11(6-12(14)16)13(17)7-15/h4-6,9-10,13,17H,7-8,15H2,1-3H3. The normalized spacial score (nSPS) is 20.6. The molecule has 0 bridgehead atoms. The van der Waals surface area contributed by atoms with E-state index in [1.807, 2.05) is 18.2 Å². The summed E-state index contributed by atoms with van der Waals surface area (Å²) in [6, 6.07) is 6.20. The Bertz CT molecular complexity index is 420. The van der Waals surface area contributed by atoms with E-state index in [1.54, 1.807) is 0 Å². The van der Waals surface area contributed by atoms with Gasteiger partial charge in [-0.2, -0.15) is 0 Å². The first-order chi connectivity index (χ1) is 8.52. The van der Waals surface area contributed by atoms with Crippen molar-refractivity contribution in [2.75, 3.05) is 18.0 Å². The molecule has 100 valence electrons. The van der Waals surface area contributed by atoms with Crippen LogP contribution in [-0.2, 0) is 0 Å². The molecule has 1 aliphatic heterocycles. The third-order valence-corrected chi connectivity index (χ3v) is 3.31. The number of fused-ring (bicyclic) bond motifs is 1. The summed E-state index contributed by atoms with van der Waals surface area (Å²) in [5.74, 6) is 0.885. The van der Waals surface area contributed by atoms with Gasteiger partial charge in [0.15, 0.2) is 0 Å². The van der Waals surface area contributed by atoms with Gasteiger partial charge in [0.25, 0.3) is 0 Å². The van der Waals surface area contributed by atoms with Gasteiger partial charge < -0.3 is 20.5 Å². The average Bonchev–Trinajstić information content (AvgIpc) is 2.36. The number of benzene rings is 1. The van der Waals surface area contributed by atoms with Gasteiger partial charge in [-0.25, -0.2) is 0 Å². The number of hydrogen-bond acceptors (Lipinski definition) is 4. The summed E-state index contributed by atoms with van der Waals surface area (Å²) in [5.41, 5.74) is 7.40. The minimum atomic E-state index is -0.608. The highest BCUT2D eigenvalue weighted by molar-refractivity contribution is 5.62. The monoisotopic (exact) mass is 250 g/mol. The number of anilines is 1. The van der Waals surface area contributed by atoms with Crippen LogP contribution < -0.4 is 15.4 Å². The Labute approximate surface area is 108 Å². The van der Waals surface area contributed by atoms with Gasteiger partial charge in [-0.15, -0.1) is 0 Å². The van der Waals surface area contributed by atoms with E-state index in [2.05, 4.69) is 25.7 Å². The van der Waals surface area contributed by atoms with Crippen LogP contribution in [0, 0.1) is 0 Å². The van der Waals surface area contributed by atoms with Gasteiger partial charge in [0.1, 0.15) is 11.9 Å². The van der Waals surface area contributed by atoms with E-state index in [0.29, 0.717) is 6.04 Å². The molecular formula is C14H22N2O2. The van der Waals surface area contributed by atoms with Crippen molar-refractivity contribution >= 4 is 5.69 Å². The highest BCUT2D eigenvalue weighted by Gasteiger charge is 2.25. The lowest BCUT2D eigenvalue weighted by atomic mass is 10.1. The molecule has 1 aromatic carbocycles. The van der Waals surface area contributed by atoms with Gasteiger partial charge in [-0.1, -0.05) is 6.07 Å². The molecule has 2 rings (SSSR count). The smallest absolute Gasteiger partial charge is 0.143 e. The number of nitrogens with zero attached hydrogens (tertiary/aromatic N) is 1. The van der Waals surface area contributed by atoms with Crippen LogP contribution in [0.4, 0.5) is 5.69 Å². The summed E-state index contributed by atoms with van der Waals surface area (Å²) in [5, 5.41) is 9.82. The molecule has 1 aromatic rings. The summed E-state index contributed by atoms with van der Waals surface area (Å²) in [7, 11) is 0. The maximum atomic E-state index is 9.82. The van der Waals surface area contributed by atoms with Crippen LogP contribution in [0.3, 0.4) is 0 Å². The fourth-order valence-corrected chi connectivity index (χ4v) is 2.32. The lowest BCUT2D eigenvalue weighted by Crippen LogP contribution is -2.42. The molecule has 0 aromatic heterocycles. The molecule has 1 heterocycles. The van der Waals surface area contributed by atoms with Crippen molar-refractivity contribution < 1.29 is 9.84 Å². The van der Waals surface area contributed by atoms with Crippen LogP contribution in [-0.4, -0.2) is 30.3 Å². The van der Waals surface area contributed by atoms with Crippen LogP contribution in [0.2, 0.25) is 0 Å². The van der Waals surface area contributed by atoms with Crippen molar-refractivity contribution in [3.8, 4) is 5.75 Å². The first-order valence-corrected chi connectivity index (χ1v) is 6.48. The number of nitrogens with two attached hydrogens (primary N) is 1. The van der Waals surface area contributed by atoms with Gasteiger partial charge in [0, 0.05) is 12.6 Å². The Morgan fingerprint density at radius 2 is 2.22 bits per heavy atom. The third-order valence-electron chi connectivity index (χ3n) is 3.31. The minimum Gasteiger partial charge on any atom is -0.487 e. The highest BCUT2D eigenvalue weighted by Crippen LogP contribution is 2.36. The number of aliphatic hydroxyl groups excluding tert-OH is 1. The van der Waals surface area contributed by atoms with E-state index in [9.17, 15) is 5.11 Å². The van der Waals surface area contributed by atoms with E-state index in [1.165, 1.54) is 0 Å². The van der Waals surface area contributed by atoms with E-state index in [4.69, 9.17) is 10.5 Å². The Morgan fingerprint density at radius 1 is 1.50 bits per heavy atom. The molecule has 4 nitrogen and oxygen atoms in total. The fourth-order valence-electron chi connectivity index (χ4n) is 2.32. The summed E-state index contributed by atoms with van der Waals surface area (Å²) < 4.78 is 5.83. The van der Waals surface area contributed by atoms with E-state index in [-0.39, 0.29) is 12.6 Å². The number of hydrogen-bond donors (Lipinski definition) is 2. The van der Waals surface area contributed by atoms with Crippen molar-refractivity contribution in [1.29, 1.82) is 0 Å². The maximum Gasteiger partial charge on any atom is 0.143 e. The Hall–Kier alpha value is -1.26. The molecule has 2 atom stereocenters. The van der Waals surface area contributed by atoms with Crippen molar-refractivity contribution in [1.82, 2.24) is 0 Å². The molecule has 2 unspecified atom stereocenters. The van der Waals surface area contributed by atoms with Crippen molar-refractivity contribution in [2.24, 2.45) is 5.73 Å². The van der Waals surface area contributed by atoms with Gasteiger partial charge in [-0.05, 0) is 38.5 Å². The Morgan fingerprint density at radius 3 is 2.83 bits per heavy atom. The summed E-state index contributed by atoms with van der Waals surface area (Å²) in [4.78, 5) is 2.30. The number of rotatable bonds is 3. The molecule has 0 spiro atoms. The van der Waals surface area contributed by atoms with E-state index in [0.717, 1.165) is 23.5 Å². The van der Waals surface area contributed by atoms with Crippen LogP contribution in [0.25, 0.3) is 0 Å². The van der Waals surface area contributed by atoms with Crippen molar-refractivity contribution in [3.05, 3.63) is 23.8 Å². The fraction of sp³-hybridized carbons (Fsp3) is 0.571. The summed E-state index contributed by atoms with van der Waals surface area (Å²) in [6.45, 7) is 7.49. The second-order valence-corrected chi connectivity index (χ2v) is 5.15. The van der Waals surface area contributed by atoms with Crippen LogP contribution in [0.5, 0.6) is 5.75 Å². The molecule has 0 saturated carbocycles. The van der Waals surface area contributed by atoms with Crippen molar-refractivity contribution in [3.63, 3.8) is 0 Å². The molecule has 1 aliphatic rings. The molecule has 18 heavy (non-hydrogen) atoms. The van der Waals surface area contributed by atoms with Gasteiger partial charge in [-0.3, -0.25) is 0 Å². The van der Waals surface area contributed by atoms with Crippen molar-refractivity contribution in [2.45, 2.75) is 39.0 Å². The van der Waals surface area contributed by atoms with Crippen LogP contribution in [0.15, 0.2) is 18.2 Å². The zero-order valence-corrected chi connectivity index (χ0v) is 11.3. The lowest BCUT2D eigenvalue weighted by molar-refractivity contribution is 0.185. The summed E-state index contributed by atoms with van der Waals surface area (Å²) >= 11 is 0. The molecular weight excluding hydrogens is 228 g/mol. The van der Waals surface area contributed by atoms with E-state index < -0.39 is 6.10 Å². The first kappa shape index (κ1) is 13.2. The Balaban J connectivity index is 2.39. The first-order valence-electron chi connectivity index (χ1n) is 6.48. The minimum absolute atomic E-state index is 0.185. The topological polar surface area (TPSA) is 58.7 Å². The Kier molecular flexibility index (Phi) is 3.78. The molecule has 0 fully saturated rings. The van der Waals surface area contributed by atoms with Gasteiger partial charge >= 0.3 is 0 Å². The largest absolute Gasteiger partial charge is 0.487 e. The zero-order chi connectivity index (χ0) is 13.3. The predicted octanol–water partition coefficient (Wildman–Crippen LogP) is 1.67. The zero-order valence-electron chi connectivity index (χ0n) is 11.3. The quantitative estimate of drug-likeness (QED) is 0.857. The lowest BCUT2D eigenvalue weighted by Gasteiger charge is -2.38. The number of aliphatic hydroxyl groups is 1. The van der Waals surface area contributed by atoms with Crippen LogP contribution >= 0.6 is 0 Å². The molecule has 3 N–H and O–H groups in total. The third kappa shape index (κ3) is 2.44. The van der Waals surface area contributed by atoms with Gasteiger partial charge in [0.2, 0.25) is 0 Å². The molecule has 0 aliphatic carbocycles. The predicted molar refractivity (Wildman–Crippen MR) is 73.0 cm³/mol. The second-order valence-electron chi connectivity index (χ2n) is 5.15. The van der Waals surface area contributed by atoms with Gasteiger partial charge in [0.05, 0.1) is 18.3 Å².